The van der Waals surface area contributed by atoms with E-state index in [1.54, 1.807) is 0 Å². The Morgan fingerprint density at radius 3 is 0.600 bits per heavy atom. The number of hydrogen-bond donors (Lipinski definition) is 0. The predicted octanol–water partition coefficient (Wildman–Crippen LogP) is -7.64. The van der Waals surface area contributed by atoms with Gasteiger partial charge in [0.2, 0.25) is 0 Å². The molecule has 39 valence electrons. The van der Waals surface area contributed by atoms with Crippen molar-refractivity contribution < 1.29 is 52.5 Å². The maximum Gasteiger partial charge on any atom is 2.00 e. The first-order valence-corrected chi connectivity index (χ1v) is 0. The van der Waals surface area contributed by atoms with Crippen LogP contribution in [0.3, 0.4) is 0 Å². The fourth-order valence-electron chi connectivity index (χ4n) is 0. The van der Waals surface area contributed by atoms with E-state index in [1.807, 2.05) is 0 Å². The van der Waals surface area contributed by atoms with E-state index in [2.05, 4.69) is 0 Å². The summed E-state index contributed by atoms with van der Waals surface area (Å²) in [6.07, 6.45) is 0. The molecule has 2 nitrogen and oxygen atoms in total. The summed E-state index contributed by atoms with van der Waals surface area (Å²) in [7, 11) is 0. The van der Waals surface area contributed by atoms with E-state index in [-0.39, 0.29) is 52.5 Å². The molecule has 0 aliphatic carbocycles. The quantitative estimate of drug-likeness (QED) is 0.343. The second kappa shape index (κ2) is 79.3. The molecule has 0 aromatic rings. The molecule has 4 N–H and O–H groups in total. The van der Waals surface area contributed by atoms with Crippen LogP contribution in [0.25, 0.3) is 0 Å². The first kappa shape index (κ1) is 149. The zero-order valence-electron chi connectivity index (χ0n) is 2.09. The van der Waals surface area contributed by atoms with Crippen molar-refractivity contribution in [3.8, 4) is 0 Å². The summed E-state index contributed by atoms with van der Waals surface area (Å²) in [5, 5.41) is 0. The van der Waals surface area contributed by atoms with Crippen LogP contribution in [0.2, 0.25) is 0 Å². The third-order valence-corrected chi connectivity index (χ3v) is 0. The van der Waals surface area contributed by atoms with Crippen LogP contribution < -0.4 is 24.8 Å². The largest absolute Gasteiger partial charge is 2.00 e. The van der Waals surface area contributed by atoms with Crippen molar-refractivity contribution in [1.29, 1.82) is 0 Å². The summed E-state index contributed by atoms with van der Waals surface area (Å²) < 4.78 is 0. The van der Waals surface area contributed by atoms with E-state index in [0.29, 0.717) is 0 Å². The van der Waals surface area contributed by atoms with E-state index >= 15 is 0 Å². The van der Waals surface area contributed by atoms with Crippen LogP contribution in [0, 0.1) is 0 Å². The maximum atomic E-state index is 0. The SMILES string of the molecule is O.O.[Cl-].[Cl-].[Co+2]. The zero-order valence-corrected chi connectivity index (χ0v) is 4.64. The molecule has 0 bridgehead atoms. The van der Waals surface area contributed by atoms with Gasteiger partial charge in [-0.05, 0) is 0 Å². The number of halogens is 2. The molecule has 1 radical (unpaired) electrons. The average Bonchev–Trinajstić information content (AvgIpc) is 0. The zero-order chi connectivity index (χ0) is 0. The molecule has 0 saturated heterocycles. The van der Waals surface area contributed by atoms with Crippen LogP contribution >= 0.6 is 0 Å². The number of hydrogen-bond acceptors (Lipinski definition) is 0. The molecule has 0 aromatic carbocycles. The summed E-state index contributed by atoms with van der Waals surface area (Å²) in [6, 6.07) is 0. The van der Waals surface area contributed by atoms with E-state index < -0.39 is 0 Å². The molecule has 0 aromatic heterocycles. The molecule has 0 heterocycles. The normalized spacial score (nSPS) is 0. The Morgan fingerprint density at radius 1 is 0.600 bits per heavy atom. The molecular weight excluding hydrogens is 162 g/mol. The molecule has 0 saturated carbocycles. The molecule has 0 unspecified atom stereocenters. The second-order valence-electron chi connectivity index (χ2n) is 0. The molecular formula is H4Cl2CoO2. The van der Waals surface area contributed by atoms with Gasteiger partial charge in [0.25, 0.3) is 0 Å². The van der Waals surface area contributed by atoms with Crippen molar-refractivity contribution in [2.45, 2.75) is 0 Å². The maximum absolute atomic E-state index is 0. The molecule has 0 amide bonds. The van der Waals surface area contributed by atoms with Gasteiger partial charge in [0.05, 0.1) is 0 Å². The topological polar surface area (TPSA) is 63.0 Å². The fourth-order valence-corrected chi connectivity index (χ4v) is 0. The van der Waals surface area contributed by atoms with Crippen LogP contribution in [0.5, 0.6) is 0 Å². The summed E-state index contributed by atoms with van der Waals surface area (Å²) in [5.74, 6) is 0. The second-order valence-corrected chi connectivity index (χ2v) is 0. The van der Waals surface area contributed by atoms with Gasteiger partial charge in [-0.2, -0.15) is 0 Å². The van der Waals surface area contributed by atoms with Crippen molar-refractivity contribution in [3.05, 3.63) is 0 Å². The molecule has 0 spiro atoms. The molecule has 0 fully saturated rings. The van der Waals surface area contributed by atoms with Crippen LogP contribution in [-0.2, 0) is 16.8 Å². The Hall–Kier alpha value is 1.01. The first-order chi connectivity index (χ1) is 0. The molecule has 0 aliphatic heterocycles. The van der Waals surface area contributed by atoms with Crippen LogP contribution in [0.4, 0.5) is 0 Å². The van der Waals surface area contributed by atoms with Gasteiger partial charge in [0, 0.05) is 0 Å². The molecule has 0 rings (SSSR count). The molecule has 5 heavy (non-hydrogen) atoms. The van der Waals surface area contributed by atoms with Crippen LogP contribution in [0.1, 0.15) is 0 Å². The predicted molar refractivity (Wildman–Crippen MR) is 7.23 cm³/mol. The minimum Gasteiger partial charge on any atom is -1.00 e. The Balaban J connectivity index is 0. The van der Waals surface area contributed by atoms with Crippen molar-refractivity contribution in [2.24, 2.45) is 0 Å². The van der Waals surface area contributed by atoms with Gasteiger partial charge >= 0.3 is 16.8 Å². The van der Waals surface area contributed by atoms with Gasteiger partial charge in [-0.1, -0.05) is 0 Å². The van der Waals surface area contributed by atoms with Crippen molar-refractivity contribution in [2.75, 3.05) is 0 Å². The van der Waals surface area contributed by atoms with E-state index in [1.165, 1.54) is 0 Å². The van der Waals surface area contributed by atoms with Gasteiger partial charge in [0.1, 0.15) is 0 Å². The average molecular weight is 166 g/mol. The molecule has 0 aliphatic rings. The third kappa shape index (κ3) is 44.7. The monoisotopic (exact) mass is 165 g/mol. The third-order valence-electron chi connectivity index (χ3n) is 0. The minimum atomic E-state index is 0. The van der Waals surface area contributed by atoms with Gasteiger partial charge in [-0.25, -0.2) is 0 Å². The van der Waals surface area contributed by atoms with Gasteiger partial charge in [-0.3, -0.25) is 0 Å². The summed E-state index contributed by atoms with van der Waals surface area (Å²) in [5.41, 5.74) is 0. The van der Waals surface area contributed by atoms with E-state index in [4.69, 9.17) is 0 Å². The van der Waals surface area contributed by atoms with Crippen molar-refractivity contribution in [1.82, 2.24) is 0 Å². The van der Waals surface area contributed by atoms with Crippen molar-refractivity contribution in [3.63, 3.8) is 0 Å². The van der Waals surface area contributed by atoms with Gasteiger partial charge < -0.3 is 35.8 Å². The van der Waals surface area contributed by atoms with Gasteiger partial charge in [-0.15, -0.1) is 0 Å². The molecule has 0 atom stereocenters. The van der Waals surface area contributed by atoms with Crippen LogP contribution in [-0.4, -0.2) is 11.0 Å². The summed E-state index contributed by atoms with van der Waals surface area (Å²) in [4.78, 5) is 0. The summed E-state index contributed by atoms with van der Waals surface area (Å²) >= 11 is 0. The standard InChI is InChI=1S/2ClH.Co.2H2O/h2*1H;;2*1H2/q;;+2;;/p-2. The Morgan fingerprint density at radius 2 is 0.600 bits per heavy atom. The smallest absolute Gasteiger partial charge is 1.00 e. The minimum absolute atomic E-state index is 0. The fraction of sp³-hybridized carbons (Fsp3) is 0. The van der Waals surface area contributed by atoms with E-state index in [0.717, 1.165) is 0 Å². The Bertz CT molecular complexity index is 7.61. The Kier molecular flexibility index (Phi) is 2360. The Labute approximate surface area is 53.0 Å². The summed E-state index contributed by atoms with van der Waals surface area (Å²) in [6.45, 7) is 0. The van der Waals surface area contributed by atoms with Crippen LogP contribution in [0.15, 0.2) is 0 Å². The first-order valence-electron chi connectivity index (χ1n) is 0. The van der Waals surface area contributed by atoms with Crippen molar-refractivity contribution >= 4 is 0 Å². The number of rotatable bonds is 0. The van der Waals surface area contributed by atoms with E-state index in [9.17, 15) is 0 Å². The molecule has 5 heteroatoms. The van der Waals surface area contributed by atoms with Gasteiger partial charge in [0.15, 0.2) is 0 Å².